The van der Waals surface area contributed by atoms with Gasteiger partial charge in [0, 0.05) is 24.5 Å². The number of aromatic nitrogens is 1. The highest BCUT2D eigenvalue weighted by molar-refractivity contribution is 6.34. The molecule has 3 amide bonds. The van der Waals surface area contributed by atoms with Crippen LogP contribution in [0.25, 0.3) is 0 Å². The number of fused-ring (bicyclic) bond motifs is 1. The maximum Gasteiger partial charge on any atom is 0.266 e. The summed E-state index contributed by atoms with van der Waals surface area (Å²) >= 11 is 0. The predicted molar refractivity (Wildman–Crippen MR) is 99.4 cm³/mol. The van der Waals surface area contributed by atoms with Crippen LogP contribution in [0, 0.1) is 0 Å². The van der Waals surface area contributed by atoms with Crippen LogP contribution in [0.1, 0.15) is 36.6 Å². The van der Waals surface area contributed by atoms with Gasteiger partial charge in [-0.05, 0) is 54.1 Å². The highest BCUT2D eigenvalue weighted by Crippen LogP contribution is 2.28. The van der Waals surface area contributed by atoms with Crippen LogP contribution >= 0.6 is 0 Å². The molecular formula is C21H15N3O3. The van der Waals surface area contributed by atoms with Gasteiger partial charge in [-0.25, -0.2) is 4.90 Å². The minimum Gasteiger partial charge on any atom is -0.348 e. The lowest BCUT2D eigenvalue weighted by molar-refractivity contribution is 0.0923. The van der Waals surface area contributed by atoms with Gasteiger partial charge in [0.2, 0.25) is 0 Å². The molecule has 2 aromatic carbocycles. The summed E-state index contributed by atoms with van der Waals surface area (Å²) in [6.07, 6.45) is 3.33. The monoisotopic (exact) mass is 357 g/mol. The Balaban J connectivity index is 1.49. The average molecular weight is 357 g/mol. The van der Waals surface area contributed by atoms with Crippen LogP contribution in [0.4, 0.5) is 5.69 Å². The van der Waals surface area contributed by atoms with E-state index >= 15 is 0 Å². The van der Waals surface area contributed by atoms with Crippen molar-refractivity contribution in [3.63, 3.8) is 0 Å². The SMILES string of the molecule is O=C(NCc1ccncc1)c1ccc(N2C(=O)c3ccccc3C2=O)cc1. The second-order valence-electron chi connectivity index (χ2n) is 6.08. The summed E-state index contributed by atoms with van der Waals surface area (Å²) in [6.45, 7) is 0.390. The van der Waals surface area contributed by atoms with Gasteiger partial charge in [0.15, 0.2) is 0 Å². The summed E-state index contributed by atoms with van der Waals surface area (Å²) in [5, 5.41) is 2.82. The highest BCUT2D eigenvalue weighted by Gasteiger charge is 2.36. The molecule has 1 aliphatic rings. The van der Waals surface area contributed by atoms with Crippen molar-refractivity contribution < 1.29 is 14.4 Å². The second kappa shape index (κ2) is 6.84. The van der Waals surface area contributed by atoms with Crippen LogP contribution in [-0.4, -0.2) is 22.7 Å². The number of nitrogens with one attached hydrogen (secondary N) is 1. The number of imide groups is 1. The van der Waals surface area contributed by atoms with Crippen LogP contribution < -0.4 is 10.2 Å². The van der Waals surface area contributed by atoms with Gasteiger partial charge in [-0.3, -0.25) is 19.4 Å². The third-order valence-corrected chi connectivity index (χ3v) is 4.38. The Morgan fingerprint density at radius 1 is 0.852 bits per heavy atom. The Bertz CT molecular complexity index is 995. The number of carbonyl (C=O) groups excluding carboxylic acids is 3. The molecule has 6 heteroatoms. The Hall–Kier alpha value is -3.80. The first kappa shape index (κ1) is 16.7. The van der Waals surface area contributed by atoms with E-state index in [2.05, 4.69) is 10.3 Å². The zero-order valence-corrected chi connectivity index (χ0v) is 14.3. The molecule has 6 nitrogen and oxygen atoms in total. The Morgan fingerprint density at radius 2 is 1.44 bits per heavy atom. The Kier molecular flexibility index (Phi) is 4.22. The maximum atomic E-state index is 12.5. The summed E-state index contributed by atoms with van der Waals surface area (Å²) in [5.41, 5.74) is 2.61. The number of hydrogen-bond donors (Lipinski definition) is 1. The first-order valence-corrected chi connectivity index (χ1v) is 8.40. The molecule has 0 saturated carbocycles. The van der Waals surface area contributed by atoms with Crippen molar-refractivity contribution in [3.8, 4) is 0 Å². The number of nitrogens with zero attached hydrogens (tertiary/aromatic N) is 2. The number of carbonyl (C=O) groups is 3. The standard InChI is InChI=1S/C21H15N3O3/c25-19(23-13-14-9-11-22-12-10-14)15-5-7-16(8-6-15)24-20(26)17-3-1-2-4-18(17)21(24)27/h1-12H,13H2,(H,23,25). The molecule has 0 saturated heterocycles. The van der Waals surface area contributed by atoms with Crippen molar-refractivity contribution in [2.45, 2.75) is 6.54 Å². The van der Waals surface area contributed by atoms with E-state index in [0.29, 0.717) is 28.9 Å². The van der Waals surface area contributed by atoms with Crippen molar-refractivity contribution in [2.75, 3.05) is 4.90 Å². The molecule has 1 aliphatic heterocycles. The van der Waals surface area contributed by atoms with Gasteiger partial charge >= 0.3 is 0 Å². The van der Waals surface area contributed by atoms with Crippen molar-refractivity contribution in [1.82, 2.24) is 10.3 Å². The van der Waals surface area contributed by atoms with Crippen molar-refractivity contribution in [2.24, 2.45) is 0 Å². The fraction of sp³-hybridized carbons (Fsp3) is 0.0476. The molecule has 2 heterocycles. The quantitative estimate of drug-likeness (QED) is 0.728. The molecule has 0 aliphatic carbocycles. The Labute approximate surface area is 155 Å². The molecule has 3 aromatic rings. The van der Waals surface area contributed by atoms with Gasteiger partial charge in [0.05, 0.1) is 16.8 Å². The largest absolute Gasteiger partial charge is 0.348 e. The molecule has 0 atom stereocenters. The topological polar surface area (TPSA) is 79.4 Å². The number of pyridine rings is 1. The zero-order chi connectivity index (χ0) is 18.8. The number of anilines is 1. The summed E-state index contributed by atoms with van der Waals surface area (Å²) in [4.78, 5) is 42.4. The number of hydrogen-bond acceptors (Lipinski definition) is 4. The van der Waals surface area contributed by atoms with Crippen LogP contribution in [0.5, 0.6) is 0 Å². The lowest BCUT2D eigenvalue weighted by Crippen LogP contribution is -2.29. The molecule has 0 spiro atoms. The van der Waals surface area contributed by atoms with E-state index in [-0.39, 0.29) is 17.7 Å². The summed E-state index contributed by atoms with van der Waals surface area (Å²) in [6, 6.07) is 16.8. The molecule has 1 aromatic heterocycles. The maximum absolute atomic E-state index is 12.5. The average Bonchev–Trinajstić information content (AvgIpc) is 2.98. The minimum atomic E-state index is -0.356. The van der Waals surface area contributed by atoms with Crippen LogP contribution in [-0.2, 0) is 6.54 Å². The van der Waals surface area contributed by atoms with Crippen molar-refractivity contribution in [3.05, 3.63) is 95.3 Å². The van der Waals surface area contributed by atoms with Gasteiger partial charge in [-0.1, -0.05) is 12.1 Å². The molecular weight excluding hydrogens is 342 g/mol. The molecule has 27 heavy (non-hydrogen) atoms. The molecule has 0 bridgehead atoms. The zero-order valence-electron chi connectivity index (χ0n) is 14.3. The van der Waals surface area contributed by atoms with Crippen molar-refractivity contribution in [1.29, 1.82) is 0 Å². The third kappa shape index (κ3) is 3.08. The minimum absolute atomic E-state index is 0.235. The molecule has 132 valence electrons. The van der Waals surface area contributed by atoms with E-state index in [1.807, 2.05) is 12.1 Å². The first-order valence-electron chi connectivity index (χ1n) is 8.40. The van der Waals surface area contributed by atoms with Crippen LogP contribution in [0.2, 0.25) is 0 Å². The highest BCUT2D eigenvalue weighted by atomic mass is 16.2. The van der Waals surface area contributed by atoms with Gasteiger partial charge in [0.1, 0.15) is 0 Å². The molecule has 0 radical (unpaired) electrons. The molecule has 4 rings (SSSR count). The van der Waals surface area contributed by atoms with E-state index in [1.165, 1.54) is 0 Å². The summed E-state index contributed by atoms with van der Waals surface area (Å²) in [7, 11) is 0. The predicted octanol–water partition coefficient (Wildman–Crippen LogP) is 2.81. The first-order chi connectivity index (χ1) is 13.1. The van der Waals surface area contributed by atoms with E-state index in [9.17, 15) is 14.4 Å². The summed E-state index contributed by atoms with van der Waals surface area (Å²) in [5.74, 6) is -0.947. The smallest absolute Gasteiger partial charge is 0.266 e. The van der Waals surface area contributed by atoms with E-state index in [0.717, 1.165) is 10.5 Å². The van der Waals surface area contributed by atoms with Crippen LogP contribution in [0.3, 0.4) is 0 Å². The fourth-order valence-corrected chi connectivity index (χ4v) is 2.97. The van der Waals surface area contributed by atoms with Gasteiger partial charge < -0.3 is 5.32 Å². The fourth-order valence-electron chi connectivity index (χ4n) is 2.97. The summed E-state index contributed by atoms with van der Waals surface area (Å²) < 4.78 is 0. The van der Waals surface area contributed by atoms with Gasteiger partial charge in [-0.2, -0.15) is 0 Å². The molecule has 0 unspecified atom stereocenters. The molecule has 1 N–H and O–H groups in total. The van der Waals surface area contributed by atoms with Crippen molar-refractivity contribution >= 4 is 23.4 Å². The number of benzene rings is 2. The second-order valence-corrected chi connectivity index (χ2v) is 6.08. The van der Waals surface area contributed by atoms with E-state index in [4.69, 9.17) is 0 Å². The number of rotatable bonds is 4. The van der Waals surface area contributed by atoms with Gasteiger partial charge in [-0.15, -0.1) is 0 Å². The number of amides is 3. The van der Waals surface area contributed by atoms with Crippen LogP contribution in [0.15, 0.2) is 73.1 Å². The Morgan fingerprint density at radius 3 is 2.04 bits per heavy atom. The van der Waals surface area contributed by atoms with E-state index < -0.39 is 0 Å². The normalized spacial score (nSPS) is 12.8. The molecule has 0 fully saturated rings. The third-order valence-electron chi connectivity index (χ3n) is 4.38. The lowest BCUT2D eigenvalue weighted by Gasteiger charge is -2.14. The lowest BCUT2D eigenvalue weighted by atomic mass is 10.1. The van der Waals surface area contributed by atoms with Gasteiger partial charge in [0.25, 0.3) is 17.7 Å². The van der Waals surface area contributed by atoms with E-state index in [1.54, 1.807) is 60.9 Å².